The minimum atomic E-state index is -0.273. The average molecular weight is 182 g/mol. The monoisotopic (exact) mass is 181 g/mol. The lowest BCUT2D eigenvalue weighted by atomic mass is 10.1. The molecule has 4 nitrogen and oxygen atoms in total. The Balaban J connectivity index is 0.000001000. The van der Waals surface area contributed by atoms with Crippen LogP contribution >= 0.6 is 12.4 Å². The van der Waals surface area contributed by atoms with Crippen molar-refractivity contribution in [1.29, 1.82) is 0 Å². The van der Waals surface area contributed by atoms with E-state index in [2.05, 4.69) is 4.74 Å². The maximum atomic E-state index is 10.8. The third-order valence-corrected chi connectivity index (χ3v) is 1.63. The number of methoxy groups -OCH3 is 1. The molecule has 0 radical (unpaired) electrons. The molecule has 5 heteroatoms. The molecule has 1 aliphatic rings. The SMILES string of the molecule is COC(=O)[C@H]1COC[C@@H]1N.Cl. The highest BCUT2D eigenvalue weighted by atomic mass is 35.5. The molecule has 11 heavy (non-hydrogen) atoms. The molecule has 0 spiro atoms. The van der Waals surface area contributed by atoms with E-state index in [1.54, 1.807) is 0 Å². The van der Waals surface area contributed by atoms with Gasteiger partial charge in [-0.2, -0.15) is 0 Å². The zero-order valence-electron chi connectivity index (χ0n) is 6.28. The molecule has 0 aromatic rings. The van der Waals surface area contributed by atoms with Gasteiger partial charge in [0.05, 0.1) is 26.2 Å². The lowest BCUT2D eigenvalue weighted by Gasteiger charge is -2.08. The van der Waals surface area contributed by atoms with E-state index in [9.17, 15) is 4.79 Å². The predicted octanol–water partition coefficient (Wildman–Crippen LogP) is -0.445. The van der Waals surface area contributed by atoms with Gasteiger partial charge < -0.3 is 15.2 Å². The molecule has 0 saturated carbocycles. The molecule has 0 aliphatic carbocycles. The first kappa shape index (κ1) is 10.7. The van der Waals surface area contributed by atoms with Crippen LogP contribution in [0.2, 0.25) is 0 Å². The number of rotatable bonds is 1. The molecule has 1 saturated heterocycles. The topological polar surface area (TPSA) is 61.5 Å². The zero-order valence-corrected chi connectivity index (χ0v) is 7.10. The summed E-state index contributed by atoms with van der Waals surface area (Å²) in [6, 6.07) is -0.188. The number of halogens is 1. The minimum absolute atomic E-state index is 0. The Morgan fingerprint density at radius 3 is 2.64 bits per heavy atom. The summed E-state index contributed by atoms with van der Waals surface area (Å²) in [7, 11) is 1.35. The van der Waals surface area contributed by atoms with Crippen molar-refractivity contribution < 1.29 is 14.3 Å². The quantitative estimate of drug-likeness (QED) is 0.557. The fourth-order valence-electron chi connectivity index (χ4n) is 0.965. The normalized spacial score (nSPS) is 29.3. The maximum Gasteiger partial charge on any atom is 0.312 e. The van der Waals surface area contributed by atoms with Gasteiger partial charge in [0.15, 0.2) is 0 Å². The van der Waals surface area contributed by atoms with E-state index < -0.39 is 0 Å². The molecule has 1 fully saturated rings. The highest BCUT2D eigenvalue weighted by Gasteiger charge is 2.31. The van der Waals surface area contributed by atoms with E-state index in [-0.39, 0.29) is 30.3 Å². The van der Waals surface area contributed by atoms with Gasteiger partial charge in [0, 0.05) is 6.04 Å². The van der Waals surface area contributed by atoms with E-state index in [1.807, 2.05) is 0 Å². The Morgan fingerprint density at radius 1 is 1.64 bits per heavy atom. The Kier molecular flexibility index (Phi) is 4.40. The molecule has 2 N–H and O–H groups in total. The van der Waals surface area contributed by atoms with Gasteiger partial charge >= 0.3 is 5.97 Å². The van der Waals surface area contributed by atoms with E-state index in [0.717, 1.165) is 0 Å². The van der Waals surface area contributed by atoms with Crippen molar-refractivity contribution in [1.82, 2.24) is 0 Å². The van der Waals surface area contributed by atoms with Gasteiger partial charge in [-0.05, 0) is 0 Å². The molecular weight excluding hydrogens is 170 g/mol. The molecule has 0 bridgehead atoms. The van der Waals surface area contributed by atoms with Crippen LogP contribution in [0.1, 0.15) is 0 Å². The summed E-state index contributed by atoms with van der Waals surface area (Å²) in [5.74, 6) is -0.532. The largest absolute Gasteiger partial charge is 0.469 e. The predicted molar refractivity (Wildman–Crippen MR) is 41.5 cm³/mol. The van der Waals surface area contributed by atoms with E-state index in [1.165, 1.54) is 7.11 Å². The fourth-order valence-corrected chi connectivity index (χ4v) is 0.965. The summed E-state index contributed by atoms with van der Waals surface area (Å²) in [4.78, 5) is 10.8. The highest BCUT2D eigenvalue weighted by molar-refractivity contribution is 5.85. The fraction of sp³-hybridized carbons (Fsp3) is 0.833. The molecule has 1 heterocycles. The summed E-state index contributed by atoms with van der Waals surface area (Å²) in [5, 5.41) is 0. The van der Waals surface area contributed by atoms with Gasteiger partial charge in [0.1, 0.15) is 0 Å². The second-order valence-corrected chi connectivity index (χ2v) is 2.33. The van der Waals surface area contributed by atoms with Gasteiger partial charge in [-0.25, -0.2) is 0 Å². The number of carbonyl (C=O) groups is 1. The molecule has 1 aliphatic heterocycles. The number of esters is 1. The van der Waals surface area contributed by atoms with E-state index in [4.69, 9.17) is 10.5 Å². The van der Waals surface area contributed by atoms with Gasteiger partial charge in [-0.15, -0.1) is 12.4 Å². The Bertz CT molecular complexity index is 142. The van der Waals surface area contributed by atoms with Gasteiger partial charge in [0.2, 0.25) is 0 Å². The van der Waals surface area contributed by atoms with E-state index >= 15 is 0 Å². The Morgan fingerprint density at radius 2 is 2.27 bits per heavy atom. The molecule has 0 amide bonds. The first-order valence-corrected chi connectivity index (χ1v) is 3.17. The van der Waals surface area contributed by atoms with Crippen LogP contribution in [0, 0.1) is 5.92 Å². The number of carbonyl (C=O) groups excluding carboxylic acids is 1. The van der Waals surface area contributed by atoms with Crippen LogP contribution in [0.25, 0.3) is 0 Å². The van der Waals surface area contributed by atoms with Crippen molar-refractivity contribution in [3.8, 4) is 0 Å². The number of nitrogens with two attached hydrogens (primary N) is 1. The standard InChI is InChI=1S/C6H11NO3.ClH/c1-9-6(8)4-2-10-3-5(4)7;/h4-5H,2-3,7H2,1H3;1H/t4-,5-;/m0./s1. The van der Waals surface area contributed by atoms with E-state index in [0.29, 0.717) is 13.2 Å². The van der Waals surface area contributed by atoms with Crippen LogP contribution in [0.5, 0.6) is 0 Å². The second-order valence-electron chi connectivity index (χ2n) is 2.33. The lowest BCUT2D eigenvalue weighted by molar-refractivity contribution is -0.145. The van der Waals surface area contributed by atoms with Crippen molar-refractivity contribution in [2.45, 2.75) is 6.04 Å². The molecule has 0 unspecified atom stereocenters. The molecule has 0 aromatic carbocycles. The van der Waals surface area contributed by atoms with Crippen LogP contribution in [0.3, 0.4) is 0 Å². The lowest BCUT2D eigenvalue weighted by Crippen LogP contribution is -2.34. The maximum absolute atomic E-state index is 10.8. The van der Waals surface area contributed by atoms with Crippen molar-refractivity contribution >= 4 is 18.4 Å². The molecule has 66 valence electrons. The summed E-state index contributed by atoms with van der Waals surface area (Å²) in [5.41, 5.74) is 5.53. The number of ether oxygens (including phenoxy) is 2. The van der Waals surface area contributed by atoms with Crippen molar-refractivity contribution in [3.63, 3.8) is 0 Å². The third kappa shape index (κ3) is 2.32. The molecule has 1 rings (SSSR count). The van der Waals surface area contributed by atoms with Gasteiger partial charge in [0.25, 0.3) is 0 Å². The van der Waals surface area contributed by atoms with Gasteiger partial charge in [-0.1, -0.05) is 0 Å². The number of hydrogen-bond donors (Lipinski definition) is 1. The van der Waals surface area contributed by atoms with Crippen molar-refractivity contribution in [3.05, 3.63) is 0 Å². The second kappa shape index (κ2) is 4.54. The Hall–Kier alpha value is -0.320. The van der Waals surface area contributed by atoms with Crippen LogP contribution in [0.4, 0.5) is 0 Å². The molecule has 2 atom stereocenters. The summed E-state index contributed by atoms with van der Waals surface area (Å²) >= 11 is 0. The van der Waals surface area contributed by atoms with Gasteiger partial charge in [-0.3, -0.25) is 4.79 Å². The minimum Gasteiger partial charge on any atom is -0.469 e. The molecular formula is C6H12ClNO3. The summed E-state index contributed by atoms with van der Waals surface area (Å²) < 4.78 is 9.47. The summed E-state index contributed by atoms with van der Waals surface area (Å²) in [6.45, 7) is 0.855. The van der Waals surface area contributed by atoms with Crippen LogP contribution in [-0.4, -0.2) is 32.3 Å². The third-order valence-electron chi connectivity index (χ3n) is 1.63. The number of hydrogen-bond acceptors (Lipinski definition) is 4. The highest BCUT2D eigenvalue weighted by Crippen LogP contribution is 2.12. The Labute approximate surface area is 71.4 Å². The first-order valence-electron chi connectivity index (χ1n) is 3.17. The van der Waals surface area contributed by atoms with Crippen LogP contribution in [0.15, 0.2) is 0 Å². The smallest absolute Gasteiger partial charge is 0.312 e. The summed E-state index contributed by atoms with van der Waals surface area (Å²) in [6.07, 6.45) is 0. The first-order chi connectivity index (χ1) is 4.75. The zero-order chi connectivity index (χ0) is 7.56. The van der Waals surface area contributed by atoms with Crippen LogP contribution in [-0.2, 0) is 14.3 Å². The van der Waals surface area contributed by atoms with Crippen LogP contribution < -0.4 is 5.73 Å². The van der Waals surface area contributed by atoms with Crippen molar-refractivity contribution in [2.24, 2.45) is 11.7 Å². The van der Waals surface area contributed by atoms with Crippen molar-refractivity contribution in [2.75, 3.05) is 20.3 Å². The molecule has 0 aromatic heterocycles. The average Bonchev–Trinajstić information content (AvgIpc) is 2.34.